The Hall–Kier alpha value is -1.95. The van der Waals surface area contributed by atoms with Crippen LogP contribution in [0.4, 0.5) is 4.39 Å². The smallest absolute Gasteiger partial charge is 0.223 e. The molecule has 0 spiro atoms. The summed E-state index contributed by atoms with van der Waals surface area (Å²) in [7, 11) is 3.90. The monoisotopic (exact) mass is 349 g/mol. The van der Waals surface area contributed by atoms with Gasteiger partial charge in [0.2, 0.25) is 11.8 Å². The van der Waals surface area contributed by atoms with Crippen molar-refractivity contribution in [3.8, 4) is 0 Å². The zero-order chi connectivity index (χ0) is 18.2. The number of hydrogen-bond acceptors (Lipinski definition) is 3. The van der Waals surface area contributed by atoms with E-state index in [9.17, 15) is 14.0 Å². The van der Waals surface area contributed by atoms with Gasteiger partial charge in [-0.3, -0.25) is 9.59 Å². The molecule has 0 saturated carbocycles. The van der Waals surface area contributed by atoms with Gasteiger partial charge >= 0.3 is 0 Å². The molecular weight excluding hydrogens is 321 g/mol. The third-order valence-corrected chi connectivity index (χ3v) is 4.55. The van der Waals surface area contributed by atoms with E-state index in [1.165, 1.54) is 6.07 Å². The SMILES string of the molecule is CN(C)CCC(=O)N1CCN(C(=O)CCCc2ccccc2F)CC1. The molecule has 5 nitrogen and oxygen atoms in total. The van der Waals surface area contributed by atoms with Crippen LogP contribution in [0.25, 0.3) is 0 Å². The van der Waals surface area contributed by atoms with Crippen molar-refractivity contribution in [1.82, 2.24) is 14.7 Å². The van der Waals surface area contributed by atoms with Crippen molar-refractivity contribution < 1.29 is 14.0 Å². The van der Waals surface area contributed by atoms with Crippen molar-refractivity contribution in [3.63, 3.8) is 0 Å². The van der Waals surface area contributed by atoms with Gasteiger partial charge in [0.1, 0.15) is 5.82 Å². The molecule has 0 N–H and O–H groups in total. The van der Waals surface area contributed by atoms with Crippen LogP contribution in [0.15, 0.2) is 24.3 Å². The Balaban J connectivity index is 1.69. The highest BCUT2D eigenvalue weighted by atomic mass is 19.1. The molecule has 1 fully saturated rings. The summed E-state index contributed by atoms with van der Waals surface area (Å²) in [6, 6.07) is 6.69. The number of piperazine rings is 1. The Labute approximate surface area is 149 Å². The summed E-state index contributed by atoms with van der Waals surface area (Å²) in [5.41, 5.74) is 0.659. The lowest BCUT2D eigenvalue weighted by molar-refractivity contribution is -0.139. The number of benzene rings is 1. The van der Waals surface area contributed by atoms with Gasteiger partial charge in [-0.15, -0.1) is 0 Å². The average Bonchev–Trinajstić information content (AvgIpc) is 2.61. The Morgan fingerprint density at radius 2 is 1.56 bits per heavy atom. The lowest BCUT2D eigenvalue weighted by Crippen LogP contribution is -2.50. The lowest BCUT2D eigenvalue weighted by atomic mass is 10.1. The van der Waals surface area contributed by atoms with Gasteiger partial charge in [-0.25, -0.2) is 4.39 Å². The Morgan fingerprint density at radius 3 is 2.12 bits per heavy atom. The highest BCUT2D eigenvalue weighted by Crippen LogP contribution is 2.12. The molecule has 138 valence electrons. The molecule has 1 aliphatic rings. The maximum Gasteiger partial charge on any atom is 0.223 e. The zero-order valence-corrected chi connectivity index (χ0v) is 15.2. The number of amides is 2. The molecule has 0 unspecified atom stereocenters. The first-order chi connectivity index (χ1) is 12.0. The van der Waals surface area contributed by atoms with Crippen LogP contribution in [-0.2, 0) is 16.0 Å². The minimum Gasteiger partial charge on any atom is -0.339 e. The van der Waals surface area contributed by atoms with Crippen molar-refractivity contribution in [3.05, 3.63) is 35.6 Å². The normalized spacial score (nSPS) is 14.9. The Kier molecular flexibility index (Phi) is 7.37. The van der Waals surface area contributed by atoms with E-state index in [0.717, 1.165) is 6.54 Å². The number of aryl methyl sites for hydroxylation is 1. The maximum atomic E-state index is 13.6. The third-order valence-electron chi connectivity index (χ3n) is 4.55. The molecule has 0 aromatic heterocycles. The van der Waals surface area contributed by atoms with E-state index in [4.69, 9.17) is 0 Å². The summed E-state index contributed by atoms with van der Waals surface area (Å²) in [6.45, 7) is 3.13. The highest BCUT2D eigenvalue weighted by Gasteiger charge is 2.23. The molecule has 1 aromatic rings. The van der Waals surface area contributed by atoms with Gasteiger partial charge in [-0.1, -0.05) is 18.2 Å². The van der Waals surface area contributed by atoms with Crippen molar-refractivity contribution in [1.29, 1.82) is 0 Å². The summed E-state index contributed by atoms with van der Waals surface area (Å²) in [5, 5.41) is 0. The van der Waals surface area contributed by atoms with Gasteiger partial charge in [0.25, 0.3) is 0 Å². The molecule has 1 aromatic carbocycles. The van der Waals surface area contributed by atoms with Crippen molar-refractivity contribution in [2.24, 2.45) is 0 Å². The Morgan fingerprint density at radius 1 is 1.00 bits per heavy atom. The molecule has 0 atom stereocenters. The predicted molar refractivity (Wildman–Crippen MR) is 95.7 cm³/mol. The van der Waals surface area contributed by atoms with E-state index in [1.54, 1.807) is 12.1 Å². The molecule has 1 aliphatic heterocycles. The van der Waals surface area contributed by atoms with Gasteiger partial charge in [0, 0.05) is 45.6 Å². The largest absolute Gasteiger partial charge is 0.339 e. The van der Waals surface area contributed by atoms with Crippen molar-refractivity contribution >= 4 is 11.8 Å². The molecule has 2 amide bonds. The molecule has 0 bridgehead atoms. The second-order valence-corrected chi connectivity index (χ2v) is 6.76. The van der Waals surface area contributed by atoms with Crippen LogP contribution in [0.3, 0.4) is 0 Å². The van der Waals surface area contributed by atoms with Crippen LogP contribution in [0.5, 0.6) is 0 Å². The van der Waals surface area contributed by atoms with Gasteiger partial charge in [0.05, 0.1) is 0 Å². The molecule has 2 rings (SSSR count). The second-order valence-electron chi connectivity index (χ2n) is 6.76. The summed E-state index contributed by atoms with van der Waals surface area (Å²) in [6.07, 6.45) is 2.15. The lowest BCUT2D eigenvalue weighted by Gasteiger charge is -2.35. The van der Waals surface area contributed by atoms with E-state index in [-0.39, 0.29) is 17.6 Å². The fourth-order valence-electron chi connectivity index (χ4n) is 2.97. The number of carbonyl (C=O) groups is 2. The first-order valence-corrected chi connectivity index (χ1v) is 8.91. The van der Waals surface area contributed by atoms with Crippen LogP contribution in [-0.4, -0.2) is 73.3 Å². The topological polar surface area (TPSA) is 43.9 Å². The predicted octanol–water partition coefficient (Wildman–Crippen LogP) is 1.77. The number of rotatable bonds is 7. The molecule has 0 radical (unpaired) electrons. The molecule has 1 heterocycles. The summed E-state index contributed by atoms with van der Waals surface area (Å²) in [5.74, 6) is 0.0388. The number of nitrogens with zero attached hydrogens (tertiary/aromatic N) is 3. The first kappa shape index (κ1) is 19.4. The second kappa shape index (κ2) is 9.51. The highest BCUT2D eigenvalue weighted by molar-refractivity contribution is 5.78. The minimum absolute atomic E-state index is 0.0942. The van der Waals surface area contributed by atoms with Crippen LogP contribution >= 0.6 is 0 Å². The molecule has 25 heavy (non-hydrogen) atoms. The average molecular weight is 349 g/mol. The van der Waals surface area contributed by atoms with E-state index in [1.807, 2.05) is 34.9 Å². The number of carbonyl (C=O) groups excluding carboxylic acids is 2. The molecule has 0 aliphatic carbocycles. The minimum atomic E-state index is -0.209. The zero-order valence-electron chi connectivity index (χ0n) is 15.2. The van der Waals surface area contributed by atoms with Gasteiger partial charge in [-0.05, 0) is 38.6 Å². The van der Waals surface area contributed by atoms with Crippen LogP contribution in [0.1, 0.15) is 24.8 Å². The first-order valence-electron chi connectivity index (χ1n) is 8.91. The van der Waals surface area contributed by atoms with Gasteiger partial charge in [0.15, 0.2) is 0 Å². The van der Waals surface area contributed by atoms with E-state index in [2.05, 4.69) is 0 Å². The molecular formula is C19H28FN3O2. The van der Waals surface area contributed by atoms with Gasteiger partial charge in [-0.2, -0.15) is 0 Å². The van der Waals surface area contributed by atoms with E-state index in [0.29, 0.717) is 57.4 Å². The summed E-state index contributed by atoms with van der Waals surface area (Å²) < 4.78 is 13.6. The van der Waals surface area contributed by atoms with Crippen molar-refractivity contribution in [2.45, 2.75) is 25.7 Å². The standard InChI is InChI=1S/C19H28FN3O2/c1-21(2)11-10-19(25)23-14-12-22(13-15-23)18(24)9-5-7-16-6-3-4-8-17(16)20/h3-4,6,8H,5,7,9-15H2,1-2H3. The van der Waals surface area contributed by atoms with Crippen molar-refractivity contribution in [2.75, 3.05) is 46.8 Å². The summed E-state index contributed by atoms with van der Waals surface area (Å²) >= 11 is 0. The molecule has 6 heteroatoms. The third kappa shape index (κ3) is 6.12. The quantitative estimate of drug-likeness (QED) is 0.754. The Bertz CT molecular complexity index is 584. The summed E-state index contributed by atoms with van der Waals surface area (Å²) in [4.78, 5) is 30.0. The van der Waals surface area contributed by atoms with E-state index < -0.39 is 0 Å². The molecule has 1 saturated heterocycles. The van der Waals surface area contributed by atoms with Crippen LogP contribution < -0.4 is 0 Å². The van der Waals surface area contributed by atoms with E-state index >= 15 is 0 Å². The maximum absolute atomic E-state index is 13.6. The van der Waals surface area contributed by atoms with Crippen LogP contribution in [0, 0.1) is 5.82 Å². The van der Waals surface area contributed by atoms with Gasteiger partial charge < -0.3 is 14.7 Å². The number of halogens is 1. The fraction of sp³-hybridized carbons (Fsp3) is 0.579. The fourth-order valence-corrected chi connectivity index (χ4v) is 2.97. The number of hydrogen-bond donors (Lipinski definition) is 0. The van der Waals surface area contributed by atoms with Crippen LogP contribution in [0.2, 0.25) is 0 Å².